The number of ether oxygens (including phenoxy) is 3. The molecule has 0 spiro atoms. The zero-order chi connectivity index (χ0) is 19.2. The van der Waals surface area contributed by atoms with Crippen LogP contribution in [-0.4, -0.2) is 83.7 Å². The number of nitrogens with one attached hydrogen (secondary N) is 1. The number of methoxy groups -OCH3 is 1. The number of rotatable bonds is 7. The van der Waals surface area contributed by atoms with Crippen LogP contribution in [0.25, 0.3) is 0 Å². The van der Waals surface area contributed by atoms with Crippen molar-refractivity contribution in [3.8, 4) is 12.3 Å². The maximum Gasteiger partial charge on any atom is 0.366 e. The number of carbonyl (C=O) groups excluding carboxylic acids is 2. The Morgan fingerprint density at radius 3 is 2.64 bits per heavy atom. The summed E-state index contributed by atoms with van der Waals surface area (Å²) >= 11 is 0. The maximum absolute atomic E-state index is 12.2. The summed E-state index contributed by atoms with van der Waals surface area (Å²) in [6, 6.07) is -1.12. The van der Waals surface area contributed by atoms with Crippen molar-refractivity contribution in [1.82, 2.24) is 5.32 Å². The molecule has 1 aliphatic rings. The van der Waals surface area contributed by atoms with Crippen LogP contribution in [0.5, 0.6) is 0 Å². The summed E-state index contributed by atoms with van der Waals surface area (Å²) in [4.78, 5) is 23.6. The summed E-state index contributed by atoms with van der Waals surface area (Å²) in [6.07, 6.45) is -1.12. The van der Waals surface area contributed by atoms with Crippen molar-refractivity contribution in [2.75, 3.05) is 20.3 Å². The molecule has 142 valence electrons. The van der Waals surface area contributed by atoms with Gasteiger partial charge in [-0.25, -0.2) is 4.79 Å². The molecule has 0 aromatic heterocycles. The van der Waals surface area contributed by atoms with Crippen molar-refractivity contribution >= 4 is 11.9 Å². The molecule has 25 heavy (non-hydrogen) atoms. The molecule has 1 saturated heterocycles. The van der Waals surface area contributed by atoms with Gasteiger partial charge < -0.3 is 40.6 Å². The van der Waals surface area contributed by atoms with Gasteiger partial charge in [0.05, 0.1) is 25.4 Å². The number of amides is 1. The molecule has 0 bridgehead atoms. The van der Waals surface area contributed by atoms with E-state index < -0.39 is 54.5 Å². The Labute approximate surface area is 145 Å². The van der Waals surface area contributed by atoms with Crippen molar-refractivity contribution in [2.45, 2.75) is 49.6 Å². The number of nitrogens with two attached hydrogens (primary N) is 1. The minimum Gasteiger partial charge on any atom is -0.465 e. The van der Waals surface area contributed by atoms with E-state index in [4.69, 9.17) is 21.6 Å². The lowest BCUT2D eigenvalue weighted by molar-refractivity contribution is -0.308. The second kappa shape index (κ2) is 9.10. The lowest BCUT2D eigenvalue weighted by atomic mass is 9.88. The quantitative estimate of drug-likeness (QED) is 0.233. The summed E-state index contributed by atoms with van der Waals surface area (Å²) in [5.41, 5.74) is 5.33. The Balaban J connectivity index is 3.24. The fourth-order valence-corrected chi connectivity index (χ4v) is 2.61. The largest absolute Gasteiger partial charge is 0.465 e. The number of carbonyl (C=O) groups is 2. The Morgan fingerprint density at radius 1 is 1.52 bits per heavy atom. The molecule has 0 aliphatic carbocycles. The van der Waals surface area contributed by atoms with Gasteiger partial charge in [0.25, 0.3) is 5.79 Å². The summed E-state index contributed by atoms with van der Waals surface area (Å²) in [7, 11) is 1.08. The first-order valence-electron chi connectivity index (χ1n) is 7.57. The third-order valence-corrected chi connectivity index (χ3v) is 3.80. The number of aliphatic hydroxyl groups is 3. The molecule has 0 aromatic rings. The molecule has 0 saturated carbocycles. The SMILES string of the molecule is C#CCO[C@]1(C(=O)OC)C[C@@H](O)[C@@H](NC(C)=O)C([C@H](O)[C@H](O)CN)O1. The van der Waals surface area contributed by atoms with Crippen LogP contribution >= 0.6 is 0 Å². The fourth-order valence-electron chi connectivity index (χ4n) is 2.61. The van der Waals surface area contributed by atoms with Crippen molar-refractivity contribution in [2.24, 2.45) is 5.73 Å². The molecule has 0 radical (unpaired) electrons. The van der Waals surface area contributed by atoms with Crippen molar-refractivity contribution in [3.63, 3.8) is 0 Å². The highest BCUT2D eigenvalue weighted by Crippen LogP contribution is 2.34. The van der Waals surface area contributed by atoms with Gasteiger partial charge in [-0.2, -0.15) is 0 Å². The monoisotopic (exact) mass is 360 g/mol. The fraction of sp³-hybridized carbons (Fsp3) is 0.733. The van der Waals surface area contributed by atoms with Crippen molar-refractivity contribution < 1.29 is 39.1 Å². The van der Waals surface area contributed by atoms with Gasteiger partial charge in [0.15, 0.2) is 0 Å². The van der Waals surface area contributed by atoms with Gasteiger partial charge in [-0.05, 0) is 0 Å². The van der Waals surface area contributed by atoms with Crippen molar-refractivity contribution in [1.29, 1.82) is 0 Å². The first-order chi connectivity index (χ1) is 11.7. The molecule has 10 heteroatoms. The minimum atomic E-state index is -2.10. The zero-order valence-electron chi connectivity index (χ0n) is 14.0. The Bertz CT molecular complexity index is 522. The second-order valence-corrected chi connectivity index (χ2v) is 5.61. The van der Waals surface area contributed by atoms with Crippen LogP contribution in [0.3, 0.4) is 0 Å². The number of aliphatic hydroxyl groups excluding tert-OH is 3. The van der Waals surface area contributed by atoms with Gasteiger partial charge >= 0.3 is 5.97 Å². The predicted octanol–water partition coefficient (Wildman–Crippen LogP) is -3.16. The van der Waals surface area contributed by atoms with Gasteiger partial charge in [-0.3, -0.25) is 4.79 Å². The Kier molecular flexibility index (Phi) is 7.75. The predicted molar refractivity (Wildman–Crippen MR) is 83.7 cm³/mol. The Hall–Kier alpha value is -1.74. The summed E-state index contributed by atoms with van der Waals surface area (Å²) < 4.78 is 15.5. The number of hydrogen-bond donors (Lipinski definition) is 5. The van der Waals surface area contributed by atoms with E-state index in [1.165, 1.54) is 6.92 Å². The first-order valence-corrected chi connectivity index (χ1v) is 7.57. The van der Waals surface area contributed by atoms with Crippen LogP contribution in [-0.2, 0) is 23.8 Å². The van der Waals surface area contributed by atoms with Crippen molar-refractivity contribution in [3.05, 3.63) is 0 Å². The second-order valence-electron chi connectivity index (χ2n) is 5.61. The van der Waals surface area contributed by atoms with E-state index in [0.29, 0.717) is 0 Å². The normalized spacial score (nSPS) is 31.5. The van der Waals surface area contributed by atoms with Crippen LogP contribution in [0.1, 0.15) is 13.3 Å². The molecule has 1 aliphatic heterocycles. The first kappa shape index (κ1) is 21.3. The third kappa shape index (κ3) is 4.88. The van der Waals surface area contributed by atoms with Gasteiger partial charge in [-0.1, -0.05) is 5.92 Å². The molecule has 6 atom stereocenters. The van der Waals surface area contributed by atoms with Gasteiger partial charge in [0, 0.05) is 19.9 Å². The van der Waals surface area contributed by atoms with Gasteiger partial charge in [0.1, 0.15) is 18.8 Å². The molecule has 1 amide bonds. The van der Waals surface area contributed by atoms with E-state index in [9.17, 15) is 24.9 Å². The van der Waals surface area contributed by atoms with E-state index in [1.54, 1.807) is 0 Å². The van der Waals surface area contributed by atoms with E-state index in [1.807, 2.05) is 0 Å². The highest BCUT2D eigenvalue weighted by atomic mass is 16.7. The van der Waals surface area contributed by atoms with Crippen LogP contribution in [0.2, 0.25) is 0 Å². The molecule has 1 rings (SSSR count). The number of terminal acetylenes is 1. The lowest BCUT2D eigenvalue weighted by Crippen LogP contribution is -2.68. The average Bonchev–Trinajstić information content (AvgIpc) is 2.59. The zero-order valence-corrected chi connectivity index (χ0v) is 14.0. The van der Waals surface area contributed by atoms with E-state index in [2.05, 4.69) is 16.0 Å². The third-order valence-electron chi connectivity index (χ3n) is 3.80. The minimum absolute atomic E-state index is 0.319. The Morgan fingerprint density at radius 2 is 2.16 bits per heavy atom. The summed E-state index contributed by atoms with van der Waals surface area (Å²) in [5.74, 6) is -1.44. The lowest BCUT2D eigenvalue weighted by Gasteiger charge is -2.46. The van der Waals surface area contributed by atoms with Gasteiger partial charge in [-0.15, -0.1) is 6.42 Å². The van der Waals surface area contributed by atoms with Crippen LogP contribution in [0.15, 0.2) is 0 Å². The molecule has 1 unspecified atom stereocenters. The summed E-state index contributed by atoms with van der Waals surface area (Å²) in [5, 5.41) is 32.9. The highest BCUT2D eigenvalue weighted by molar-refractivity contribution is 5.78. The smallest absolute Gasteiger partial charge is 0.366 e. The highest BCUT2D eigenvalue weighted by Gasteiger charge is 2.56. The summed E-state index contributed by atoms with van der Waals surface area (Å²) in [6.45, 7) is 0.543. The molecular weight excluding hydrogens is 336 g/mol. The van der Waals surface area contributed by atoms with Crippen LogP contribution in [0, 0.1) is 12.3 Å². The average molecular weight is 360 g/mol. The molecule has 1 heterocycles. The van der Waals surface area contributed by atoms with E-state index in [0.717, 1.165) is 7.11 Å². The number of hydrogen-bond acceptors (Lipinski definition) is 9. The molecular formula is C15H24N2O8. The van der Waals surface area contributed by atoms with E-state index in [-0.39, 0.29) is 13.2 Å². The molecule has 6 N–H and O–H groups in total. The number of esters is 1. The van der Waals surface area contributed by atoms with Crippen LogP contribution in [0.4, 0.5) is 0 Å². The maximum atomic E-state index is 12.2. The van der Waals surface area contributed by atoms with Gasteiger partial charge in [0.2, 0.25) is 5.91 Å². The molecule has 0 aromatic carbocycles. The molecule has 10 nitrogen and oxygen atoms in total. The molecule has 1 fully saturated rings. The van der Waals surface area contributed by atoms with E-state index >= 15 is 0 Å². The van der Waals surface area contributed by atoms with Crippen LogP contribution < -0.4 is 11.1 Å². The standard InChI is InChI=1S/C15H24N2O8/c1-4-5-24-15(14(22)23-3)6-9(19)11(17-8(2)18)13(25-15)12(21)10(20)7-16/h1,9-13,19-21H,5-7,16H2,2-3H3,(H,17,18)/t9-,10-,11-,12-,13?,15-/m1/s1. The topological polar surface area (TPSA) is 161 Å².